The zero-order valence-electron chi connectivity index (χ0n) is 40.1. The maximum absolute atomic E-state index is 4.46. The lowest BCUT2D eigenvalue weighted by Gasteiger charge is -2.51. The van der Waals surface area contributed by atoms with Crippen LogP contribution in [0.15, 0.2) is 132 Å². The first-order chi connectivity index (χ1) is 31.3. The number of hydrogen-bond donors (Lipinski definition) is 0. The van der Waals surface area contributed by atoms with Crippen molar-refractivity contribution in [3.63, 3.8) is 0 Å². The molecule has 4 aromatic rings. The summed E-state index contributed by atoms with van der Waals surface area (Å²) in [6.07, 6.45) is 10.7. The van der Waals surface area contributed by atoms with Crippen LogP contribution in [-0.2, 0) is 26.2 Å². The third-order valence-electron chi connectivity index (χ3n) is 13.6. The minimum absolute atomic E-state index is 0. The molecule has 6 aliphatic heterocycles. The molecule has 0 spiro atoms. The zero-order chi connectivity index (χ0) is 44.8. The first-order valence-corrected chi connectivity index (χ1v) is 23.3. The topological polar surface area (TPSA) is 106 Å². The van der Waals surface area contributed by atoms with Gasteiger partial charge in [-0.25, -0.2) is 9.13 Å². The summed E-state index contributed by atoms with van der Waals surface area (Å²) in [7, 11) is 0. The van der Waals surface area contributed by atoms with Gasteiger partial charge in [0.2, 0.25) is 12.7 Å². The third kappa shape index (κ3) is 14.9. The number of allylic oxidation sites excluding steroid dienone is 4. The van der Waals surface area contributed by atoms with E-state index in [0.29, 0.717) is 38.1 Å². The van der Waals surface area contributed by atoms with E-state index in [1.807, 2.05) is 45.6 Å². The number of aromatic nitrogens is 6. The number of nitrogens with zero attached hydrogens (tertiary/aromatic N) is 16. The van der Waals surface area contributed by atoms with Crippen LogP contribution in [0.3, 0.4) is 0 Å². The molecule has 6 saturated heterocycles. The van der Waals surface area contributed by atoms with Crippen molar-refractivity contribution in [2.24, 2.45) is 20.5 Å². The number of hydrogen-bond acceptors (Lipinski definition) is 10. The second-order valence-electron chi connectivity index (χ2n) is 17.4. The number of halogens is 4. The molecule has 372 valence electrons. The van der Waals surface area contributed by atoms with E-state index in [0.717, 1.165) is 37.6 Å². The second kappa shape index (κ2) is 28.5. The Morgan fingerprint density at radius 3 is 1.18 bits per heavy atom. The van der Waals surface area contributed by atoms with E-state index in [4.69, 9.17) is 0 Å². The van der Waals surface area contributed by atoms with E-state index in [1.54, 1.807) is 34.2 Å². The van der Waals surface area contributed by atoms with Gasteiger partial charge < -0.3 is 77.5 Å². The fourth-order valence-corrected chi connectivity index (χ4v) is 9.41. The fourth-order valence-electron chi connectivity index (χ4n) is 9.41. The average molecular weight is 1100 g/mol. The molecule has 16 nitrogen and oxygen atoms in total. The predicted molar refractivity (Wildman–Crippen MR) is 255 cm³/mol. The van der Waals surface area contributed by atoms with Gasteiger partial charge in [0.1, 0.15) is 13.1 Å². The summed E-state index contributed by atoms with van der Waals surface area (Å²) in [5.41, 5.74) is 4.16. The number of quaternary nitrogens is 2. The van der Waals surface area contributed by atoms with Gasteiger partial charge in [0, 0.05) is 74.0 Å². The number of benzene rings is 2. The van der Waals surface area contributed by atoms with Crippen LogP contribution < -0.4 is 77.7 Å². The summed E-state index contributed by atoms with van der Waals surface area (Å²) >= 11 is 0. The predicted octanol–water partition coefficient (Wildman–Crippen LogP) is -6.12. The Bertz CT molecular complexity index is 1970. The number of likely N-dealkylation sites (N-methyl/N-ethyl adjacent to an activating group) is 2. The maximum atomic E-state index is 4.46. The van der Waals surface area contributed by atoms with Crippen LogP contribution in [0.1, 0.15) is 13.8 Å². The summed E-state index contributed by atoms with van der Waals surface area (Å²) in [5.74, 6) is 1.36. The van der Waals surface area contributed by atoms with Gasteiger partial charge in [-0.1, -0.05) is 34.5 Å². The van der Waals surface area contributed by atoms with Crippen molar-refractivity contribution in [3.8, 4) is 0 Å². The maximum Gasteiger partial charge on any atom is 0.404 e. The van der Waals surface area contributed by atoms with Gasteiger partial charge >= 0.3 is 11.9 Å². The molecule has 10 rings (SSSR count). The summed E-state index contributed by atoms with van der Waals surface area (Å²) < 4.78 is 9.98. The SMILES string of the molecule is C=CCn1nc[n+](CC=C)c1N=Nc1ccc(N(CC)CC[N+]23CCN(CC2)CC3)cc1.C=CCn1nc[n+](CC=C)c1N=Nc1ccc(N(CC)CC[N+]23CCN(CC2)CC3)cc1.[Br-].[Br-].[Cl-].[Cl-]. The molecule has 6 aliphatic rings. The number of azo groups is 2. The first kappa shape index (κ1) is 58.2. The summed E-state index contributed by atoms with van der Waals surface area (Å²) in [5, 5.41) is 26.6. The average Bonchev–Trinajstić information content (AvgIpc) is 3.92. The van der Waals surface area contributed by atoms with Crippen LogP contribution >= 0.6 is 0 Å². The zero-order valence-corrected chi connectivity index (χ0v) is 44.8. The highest BCUT2D eigenvalue weighted by Gasteiger charge is 2.39. The van der Waals surface area contributed by atoms with Crippen molar-refractivity contribution in [1.29, 1.82) is 0 Å². The minimum Gasteiger partial charge on any atom is -1.00 e. The van der Waals surface area contributed by atoms with Crippen LogP contribution in [0.4, 0.5) is 34.6 Å². The van der Waals surface area contributed by atoms with Crippen molar-refractivity contribution < 1.29 is 76.9 Å². The van der Waals surface area contributed by atoms with Crippen LogP contribution in [0, 0.1) is 0 Å². The van der Waals surface area contributed by atoms with Gasteiger partial charge in [0.05, 0.1) is 89.9 Å². The molecule has 68 heavy (non-hydrogen) atoms. The van der Waals surface area contributed by atoms with Crippen molar-refractivity contribution >= 4 is 34.6 Å². The Kier molecular flexibility index (Phi) is 24.4. The molecule has 0 radical (unpaired) electrons. The molecule has 8 heterocycles. The van der Waals surface area contributed by atoms with E-state index in [1.165, 1.54) is 112 Å². The monoisotopic (exact) mass is 1100 g/mol. The number of fused-ring (bicyclic) bond motifs is 6. The normalized spacial score (nSPS) is 21.0. The minimum atomic E-state index is 0. The van der Waals surface area contributed by atoms with E-state index in [-0.39, 0.29) is 58.8 Å². The van der Waals surface area contributed by atoms with E-state index >= 15 is 0 Å². The third-order valence-corrected chi connectivity index (χ3v) is 13.6. The lowest BCUT2D eigenvalue weighted by atomic mass is 10.1. The van der Waals surface area contributed by atoms with Crippen LogP contribution in [0.25, 0.3) is 0 Å². The molecule has 0 atom stereocenters. The number of piperazine rings is 6. The molecule has 0 unspecified atom stereocenters. The lowest BCUT2D eigenvalue weighted by Crippen LogP contribution is -3.00. The van der Waals surface area contributed by atoms with Crippen LogP contribution in [-0.4, -0.2) is 156 Å². The molecule has 0 amide bonds. The van der Waals surface area contributed by atoms with E-state index < -0.39 is 0 Å². The molecule has 4 bridgehead atoms. The molecule has 0 saturated carbocycles. The summed E-state index contributed by atoms with van der Waals surface area (Å²) in [6, 6.07) is 16.8. The summed E-state index contributed by atoms with van der Waals surface area (Å²) in [4.78, 5) is 10.2. The highest BCUT2D eigenvalue weighted by molar-refractivity contribution is 5.53. The Balaban J connectivity index is 0.000000340. The number of rotatable bonds is 22. The quantitative estimate of drug-likeness (QED) is 0.0337. The van der Waals surface area contributed by atoms with E-state index in [2.05, 4.69) is 115 Å². The highest BCUT2D eigenvalue weighted by atomic mass is 79.9. The standard InChI is InChI=1S/2C24H36N8.2BrH.2ClH/c2*1-4-11-30-21-25-31(12-5-2)24(30)27-26-22-7-9-23(10-8-22)29(6-3)16-20-32-17-13-28(14-18-32)15-19-32;;;;/h2*4-5,7-10,21H,1-2,6,11-20H2,3H3;4*1H/q2*+2;;;;/p-4. The molecule has 20 heteroatoms. The number of anilines is 2. The summed E-state index contributed by atoms with van der Waals surface area (Å²) in [6.45, 7) is 44.3. The molecule has 2 aromatic carbocycles. The van der Waals surface area contributed by atoms with Crippen molar-refractivity contribution in [1.82, 2.24) is 29.4 Å². The molecule has 6 fully saturated rings. The van der Waals surface area contributed by atoms with Gasteiger partial charge in [-0.15, -0.1) is 35.7 Å². The van der Waals surface area contributed by atoms with Crippen molar-refractivity contribution in [3.05, 3.63) is 112 Å². The Hall–Kier alpha value is -4.14. The smallest absolute Gasteiger partial charge is 0.404 e. The van der Waals surface area contributed by atoms with Crippen molar-refractivity contribution in [2.45, 2.75) is 40.0 Å². The van der Waals surface area contributed by atoms with Crippen LogP contribution in [0.5, 0.6) is 0 Å². The van der Waals surface area contributed by atoms with Crippen molar-refractivity contribution in [2.75, 3.05) is 128 Å². The highest BCUT2D eigenvalue weighted by Crippen LogP contribution is 2.26. The Morgan fingerprint density at radius 1 is 0.544 bits per heavy atom. The molecule has 2 aromatic heterocycles. The van der Waals surface area contributed by atoms with E-state index in [9.17, 15) is 0 Å². The lowest BCUT2D eigenvalue weighted by molar-refractivity contribution is -0.939. The Morgan fingerprint density at radius 2 is 0.882 bits per heavy atom. The Labute approximate surface area is 438 Å². The molecule has 0 N–H and O–H groups in total. The first-order valence-electron chi connectivity index (χ1n) is 23.3. The molecular formula is C48H72Br2Cl2N16. The largest absolute Gasteiger partial charge is 1.00 e. The van der Waals surface area contributed by atoms with Crippen LogP contribution in [0.2, 0.25) is 0 Å². The van der Waals surface area contributed by atoms with Gasteiger partial charge in [-0.2, -0.15) is 0 Å². The second-order valence-corrected chi connectivity index (χ2v) is 17.4. The van der Waals surface area contributed by atoms with Gasteiger partial charge in [-0.3, -0.25) is 9.80 Å². The van der Waals surface area contributed by atoms with Gasteiger partial charge in [0.25, 0.3) is 0 Å². The van der Waals surface area contributed by atoms with Gasteiger partial charge in [0.15, 0.2) is 0 Å². The fraction of sp³-hybridized carbons (Fsp3) is 0.500. The molecular weight excluding hydrogens is 1030 g/mol. The molecule has 0 aliphatic carbocycles. The van der Waals surface area contributed by atoms with Gasteiger partial charge in [-0.05, 0) is 72.6 Å².